The fourth-order valence-corrected chi connectivity index (χ4v) is 2.72. The zero-order valence-corrected chi connectivity index (χ0v) is 20.0. The number of carbonyl (C=O) groups is 1. The molecule has 0 fully saturated rings. The van der Waals surface area contributed by atoms with Gasteiger partial charge in [-0.15, -0.1) is 0 Å². The molecular formula is C23H28NNaO4. The summed E-state index contributed by atoms with van der Waals surface area (Å²) in [4.78, 5) is 16.1. The van der Waals surface area contributed by atoms with Gasteiger partial charge in [-0.25, -0.2) is 0 Å². The molecule has 0 aliphatic heterocycles. The van der Waals surface area contributed by atoms with Crippen molar-refractivity contribution in [2.45, 2.75) is 46.0 Å². The largest absolute Gasteiger partial charge is 1.00 e. The Bertz CT molecular complexity index is 810. The van der Waals surface area contributed by atoms with E-state index in [2.05, 4.69) is 50.2 Å². The predicted molar refractivity (Wildman–Crippen MR) is 109 cm³/mol. The molecule has 2 aromatic rings. The maximum absolute atomic E-state index is 10.7. The van der Waals surface area contributed by atoms with E-state index in [4.69, 9.17) is 9.57 Å². The van der Waals surface area contributed by atoms with Crippen LogP contribution in [0.15, 0.2) is 53.7 Å². The molecule has 0 saturated carbocycles. The molecule has 0 unspecified atom stereocenters. The summed E-state index contributed by atoms with van der Waals surface area (Å²) < 4.78 is 5.59. The van der Waals surface area contributed by atoms with Crippen LogP contribution in [0.5, 0.6) is 5.75 Å². The molecule has 29 heavy (non-hydrogen) atoms. The summed E-state index contributed by atoms with van der Waals surface area (Å²) in [5, 5.41) is 14.9. The first-order valence-corrected chi connectivity index (χ1v) is 9.51. The van der Waals surface area contributed by atoms with Gasteiger partial charge in [0.1, 0.15) is 12.4 Å². The van der Waals surface area contributed by atoms with Gasteiger partial charge in [-0.2, -0.15) is 0 Å². The van der Waals surface area contributed by atoms with Gasteiger partial charge < -0.3 is 19.5 Å². The maximum atomic E-state index is 10.7. The van der Waals surface area contributed by atoms with E-state index in [1.807, 2.05) is 6.92 Å². The van der Waals surface area contributed by atoms with Crippen LogP contribution in [0.4, 0.5) is 0 Å². The molecule has 2 aromatic carbocycles. The Hall–Kier alpha value is -1.82. The van der Waals surface area contributed by atoms with Crippen LogP contribution in [-0.4, -0.2) is 24.9 Å². The van der Waals surface area contributed by atoms with Gasteiger partial charge in [0.2, 0.25) is 0 Å². The van der Waals surface area contributed by atoms with E-state index in [0.29, 0.717) is 24.5 Å². The van der Waals surface area contributed by atoms with Crippen LogP contribution in [0.3, 0.4) is 0 Å². The van der Waals surface area contributed by atoms with Crippen LogP contribution in [0.25, 0.3) is 0 Å². The number of benzene rings is 2. The number of hydrogen-bond acceptors (Lipinski definition) is 5. The predicted octanol–water partition coefficient (Wildman–Crippen LogP) is 0.490. The molecule has 5 nitrogen and oxygen atoms in total. The van der Waals surface area contributed by atoms with E-state index < -0.39 is 5.97 Å². The smallest absolute Gasteiger partial charge is 0.550 e. The third-order valence-corrected chi connectivity index (χ3v) is 4.28. The first-order valence-electron chi connectivity index (χ1n) is 9.51. The number of nitrogens with zero attached hydrogens (tertiary/aromatic N) is 1. The summed E-state index contributed by atoms with van der Waals surface area (Å²) in [6.45, 7) is 9.22. The third-order valence-electron chi connectivity index (χ3n) is 4.28. The van der Waals surface area contributed by atoms with E-state index in [-0.39, 0.29) is 41.4 Å². The van der Waals surface area contributed by atoms with Crippen LogP contribution in [-0.2, 0) is 21.5 Å². The molecule has 0 amide bonds. The number of rotatable bonds is 9. The molecule has 0 saturated heterocycles. The van der Waals surface area contributed by atoms with E-state index in [0.717, 1.165) is 17.7 Å². The van der Waals surface area contributed by atoms with Crippen molar-refractivity contribution in [1.82, 2.24) is 0 Å². The minimum atomic E-state index is -1.11. The van der Waals surface area contributed by atoms with Crippen molar-refractivity contribution in [1.29, 1.82) is 0 Å². The molecule has 0 aliphatic rings. The summed E-state index contributed by atoms with van der Waals surface area (Å²) in [5.41, 5.74) is 3.97. The van der Waals surface area contributed by atoms with Gasteiger partial charge in [0, 0.05) is 12.4 Å². The average molecular weight is 405 g/mol. The SMILES string of the molecule is CC/C(=N\OCCOc1cccc(CC(=O)[O-])c1)c1ccc(C(C)(C)C)cc1.[Na+]. The standard InChI is InChI=1S/C23H29NO4.Na/c1-5-21(18-9-11-19(12-10-18)23(2,3)4)24-28-14-13-27-20-8-6-7-17(15-20)16-22(25)26;/h6-12,15H,5,13-14,16H2,1-4H3,(H,25,26);/q;+1/p-1/b24-21+;. The second-order valence-electron chi connectivity index (χ2n) is 7.60. The number of carboxylic acid groups (broad SMARTS) is 1. The number of aliphatic carboxylic acids is 1. The first kappa shape index (κ1) is 25.2. The molecule has 2 rings (SSSR count). The minimum Gasteiger partial charge on any atom is -0.550 e. The van der Waals surface area contributed by atoms with Gasteiger partial charge in [-0.3, -0.25) is 0 Å². The Morgan fingerprint density at radius 2 is 1.76 bits per heavy atom. The first-order chi connectivity index (χ1) is 13.3. The Morgan fingerprint density at radius 3 is 2.34 bits per heavy atom. The van der Waals surface area contributed by atoms with Gasteiger partial charge in [0.05, 0.1) is 5.71 Å². The Morgan fingerprint density at radius 1 is 1.07 bits per heavy atom. The molecular weight excluding hydrogens is 377 g/mol. The summed E-state index contributed by atoms with van der Waals surface area (Å²) in [5.74, 6) is -0.516. The van der Waals surface area contributed by atoms with Crippen LogP contribution in [0.2, 0.25) is 0 Å². The van der Waals surface area contributed by atoms with E-state index >= 15 is 0 Å². The van der Waals surface area contributed by atoms with Crippen molar-refractivity contribution in [2.75, 3.05) is 13.2 Å². The number of carbonyl (C=O) groups excluding carboxylic acids is 1. The fourth-order valence-electron chi connectivity index (χ4n) is 2.72. The molecule has 150 valence electrons. The minimum absolute atomic E-state index is 0. The Balaban J connectivity index is 0.00000420. The average Bonchev–Trinajstić information content (AvgIpc) is 2.64. The fraction of sp³-hybridized carbons (Fsp3) is 0.391. The molecule has 0 aliphatic carbocycles. The van der Waals surface area contributed by atoms with Crippen molar-refractivity contribution < 1.29 is 49.0 Å². The van der Waals surface area contributed by atoms with Gasteiger partial charge in [0.15, 0.2) is 6.61 Å². The van der Waals surface area contributed by atoms with Crippen molar-refractivity contribution in [3.63, 3.8) is 0 Å². The van der Waals surface area contributed by atoms with Gasteiger partial charge >= 0.3 is 29.6 Å². The molecule has 0 aromatic heterocycles. The summed E-state index contributed by atoms with van der Waals surface area (Å²) in [7, 11) is 0. The molecule has 6 heteroatoms. The van der Waals surface area contributed by atoms with E-state index in [1.165, 1.54) is 5.56 Å². The van der Waals surface area contributed by atoms with Crippen LogP contribution >= 0.6 is 0 Å². The van der Waals surface area contributed by atoms with Gasteiger partial charge in [0.25, 0.3) is 0 Å². The van der Waals surface area contributed by atoms with Crippen molar-refractivity contribution in [2.24, 2.45) is 5.16 Å². The second kappa shape index (κ2) is 12.0. The monoisotopic (exact) mass is 405 g/mol. The van der Waals surface area contributed by atoms with Crippen LogP contribution < -0.4 is 39.4 Å². The molecule has 0 N–H and O–H groups in total. The van der Waals surface area contributed by atoms with Gasteiger partial charge in [-0.05, 0) is 40.7 Å². The van der Waals surface area contributed by atoms with Crippen LogP contribution in [0.1, 0.15) is 50.8 Å². The van der Waals surface area contributed by atoms with Crippen molar-refractivity contribution in [3.05, 3.63) is 65.2 Å². The Kier molecular flexibility index (Phi) is 10.4. The van der Waals surface area contributed by atoms with Crippen molar-refractivity contribution in [3.8, 4) is 5.75 Å². The zero-order valence-electron chi connectivity index (χ0n) is 18.0. The van der Waals surface area contributed by atoms with E-state index in [9.17, 15) is 9.90 Å². The number of oxime groups is 1. The number of ether oxygens (including phenoxy) is 1. The third kappa shape index (κ3) is 8.60. The van der Waals surface area contributed by atoms with E-state index in [1.54, 1.807) is 24.3 Å². The number of hydrogen-bond donors (Lipinski definition) is 0. The topological polar surface area (TPSA) is 71.0 Å². The van der Waals surface area contributed by atoms with Crippen LogP contribution in [0, 0.1) is 0 Å². The molecule has 0 heterocycles. The normalized spacial score (nSPS) is 11.5. The zero-order chi connectivity index (χ0) is 20.6. The molecule has 0 atom stereocenters. The summed E-state index contributed by atoms with van der Waals surface area (Å²) >= 11 is 0. The Labute approximate surface area is 195 Å². The molecule has 0 radical (unpaired) electrons. The summed E-state index contributed by atoms with van der Waals surface area (Å²) in [6, 6.07) is 15.3. The molecule has 0 bridgehead atoms. The number of carboxylic acids is 1. The van der Waals surface area contributed by atoms with Gasteiger partial charge in [-0.1, -0.05) is 69.2 Å². The summed E-state index contributed by atoms with van der Waals surface area (Å²) in [6.07, 6.45) is 0.632. The van der Waals surface area contributed by atoms with Crippen molar-refractivity contribution >= 4 is 11.7 Å². The molecule has 0 spiro atoms. The maximum Gasteiger partial charge on any atom is 1.00 e. The second-order valence-corrected chi connectivity index (χ2v) is 7.60. The quantitative estimate of drug-likeness (QED) is 0.264.